The van der Waals surface area contributed by atoms with Crippen LogP contribution >= 0.6 is 35.3 Å². The summed E-state index contributed by atoms with van der Waals surface area (Å²) in [5.41, 5.74) is 0.110. The Labute approximate surface area is 135 Å². The van der Waals surface area contributed by atoms with E-state index >= 15 is 0 Å². The van der Waals surface area contributed by atoms with E-state index in [4.69, 9.17) is 0 Å². The topological polar surface area (TPSA) is 56.7 Å². The number of hydrogen-bond acceptors (Lipinski definition) is 3. The molecule has 4 nitrogen and oxygen atoms in total. The van der Waals surface area contributed by atoms with E-state index in [2.05, 4.69) is 34.0 Å². The van der Waals surface area contributed by atoms with Crippen molar-refractivity contribution in [2.45, 2.75) is 26.3 Å². The quantitative estimate of drug-likeness (QED) is 0.393. The van der Waals surface area contributed by atoms with Gasteiger partial charge in [0.05, 0.1) is 13.2 Å². The molecule has 1 aromatic rings. The van der Waals surface area contributed by atoms with Gasteiger partial charge in [-0.2, -0.15) is 0 Å². The lowest BCUT2D eigenvalue weighted by molar-refractivity contribution is 0.212. The molecule has 1 heterocycles. The van der Waals surface area contributed by atoms with Gasteiger partial charge in [-0.05, 0) is 31.2 Å². The largest absolute Gasteiger partial charge is 0.396 e. The van der Waals surface area contributed by atoms with Crippen LogP contribution in [0.5, 0.6) is 0 Å². The Morgan fingerprint density at radius 1 is 1.47 bits per heavy atom. The Morgan fingerprint density at radius 2 is 2.26 bits per heavy atom. The minimum absolute atomic E-state index is 0. The number of nitrogens with one attached hydrogen (secondary N) is 2. The first-order valence-corrected chi connectivity index (χ1v) is 7.31. The lowest BCUT2D eigenvalue weighted by Crippen LogP contribution is -2.41. The summed E-state index contributed by atoms with van der Waals surface area (Å²) in [4.78, 5) is 5.80. The van der Waals surface area contributed by atoms with Gasteiger partial charge in [-0.1, -0.05) is 6.07 Å². The monoisotopic (exact) mass is 395 g/mol. The van der Waals surface area contributed by atoms with Crippen LogP contribution in [0.15, 0.2) is 22.5 Å². The molecule has 1 aliphatic rings. The molecule has 19 heavy (non-hydrogen) atoms. The normalized spacial score (nSPS) is 16.6. The Morgan fingerprint density at radius 3 is 2.79 bits per heavy atom. The van der Waals surface area contributed by atoms with Gasteiger partial charge < -0.3 is 15.7 Å². The number of aliphatic hydroxyl groups is 1. The third-order valence-corrected chi connectivity index (χ3v) is 4.10. The zero-order chi connectivity index (χ0) is 12.8. The molecule has 0 atom stereocenters. The fourth-order valence-corrected chi connectivity index (χ4v) is 2.37. The van der Waals surface area contributed by atoms with Crippen molar-refractivity contribution >= 4 is 41.3 Å². The number of guanidine groups is 1. The average molecular weight is 395 g/mol. The van der Waals surface area contributed by atoms with Gasteiger partial charge in [0.1, 0.15) is 0 Å². The average Bonchev–Trinajstić information content (AvgIpc) is 2.99. The first-order valence-electron chi connectivity index (χ1n) is 6.43. The van der Waals surface area contributed by atoms with Crippen LogP contribution in [0.4, 0.5) is 0 Å². The predicted molar refractivity (Wildman–Crippen MR) is 91.3 cm³/mol. The first kappa shape index (κ1) is 16.7. The summed E-state index contributed by atoms with van der Waals surface area (Å²) >= 11 is 1.72. The summed E-state index contributed by atoms with van der Waals surface area (Å²) in [6, 6.07) is 4.13. The minimum Gasteiger partial charge on any atom is -0.396 e. The third-order valence-electron chi connectivity index (χ3n) is 3.24. The second-order valence-electron chi connectivity index (χ2n) is 4.79. The predicted octanol–water partition coefficient (Wildman–Crippen LogP) is 2.19. The van der Waals surface area contributed by atoms with Crippen LogP contribution in [0.1, 0.15) is 24.6 Å². The Hall–Kier alpha value is -0.340. The number of aliphatic imine (C=N–C) groups is 1. The van der Waals surface area contributed by atoms with Crippen molar-refractivity contribution < 1.29 is 5.11 Å². The summed E-state index contributed by atoms with van der Waals surface area (Å²) in [6.07, 6.45) is 2.22. The molecule has 2 rings (SSSR count). The standard InChI is InChI=1S/C13H21N3OS.HI/c1-2-14-12(15-8-11-4-3-7-18-11)16-9-13(10-17)5-6-13;/h3-4,7,17H,2,5-6,8-10H2,1H3,(H2,14,15,16);1H. The van der Waals surface area contributed by atoms with E-state index in [1.165, 1.54) is 4.88 Å². The Bertz CT molecular complexity index is 391. The van der Waals surface area contributed by atoms with Gasteiger partial charge in [-0.15, -0.1) is 35.3 Å². The maximum Gasteiger partial charge on any atom is 0.191 e. The number of nitrogens with zero attached hydrogens (tertiary/aromatic N) is 1. The lowest BCUT2D eigenvalue weighted by atomic mass is 10.1. The summed E-state index contributed by atoms with van der Waals surface area (Å²) in [7, 11) is 0. The van der Waals surface area contributed by atoms with Crippen LogP contribution in [0, 0.1) is 5.41 Å². The number of thiophene rings is 1. The van der Waals surface area contributed by atoms with Crippen LogP contribution in [0.2, 0.25) is 0 Å². The highest BCUT2D eigenvalue weighted by Crippen LogP contribution is 2.44. The fraction of sp³-hybridized carbons (Fsp3) is 0.615. The molecule has 0 aromatic carbocycles. The second kappa shape index (κ2) is 8.06. The molecule has 6 heteroatoms. The van der Waals surface area contributed by atoms with Crippen LogP contribution in [0.25, 0.3) is 0 Å². The molecule has 0 spiro atoms. The minimum atomic E-state index is 0. The van der Waals surface area contributed by atoms with Crippen LogP contribution in [-0.2, 0) is 6.54 Å². The number of aliphatic hydroxyl groups excluding tert-OH is 1. The maximum absolute atomic E-state index is 9.28. The molecule has 0 amide bonds. The van der Waals surface area contributed by atoms with Gasteiger partial charge in [-0.25, -0.2) is 4.99 Å². The third kappa shape index (κ3) is 5.27. The second-order valence-corrected chi connectivity index (χ2v) is 5.82. The molecule has 0 radical (unpaired) electrons. The van der Waals surface area contributed by atoms with Crippen molar-refractivity contribution in [3.63, 3.8) is 0 Å². The molecule has 1 aromatic heterocycles. The molecule has 0 bridgehead atoms. The summed E-state index contributed by atoms with van der Waals surface area (Å²) in [5, 5.41) is 17.9. The molecule has 0 aliphatic heterocycles. The van der Waals surface area contributed by atoms with Crippen molar-refractivity contribution in [3.05, 3.63) is 22.4 Å². The van der Waals surface area contributed by atoms with Crippen molar-refractivity contribution in [1.82, 2.24) is 10.6 Å². The van der Waals surface area contributed by atoms with Crippen molar-refractivity contribution in [1.29, 1.82) is 0 Å². The Balaban J connectivity index is 0.00000180. The van der Waals surface area contributed by atoms with E-state index in [0.717, 1.165) is 31.9 Å². The van der Waals surface area contributed by atoms with Gasteiger partial charge >= 0.3 is 0 Å². The summed E-state index contributed by atoms with van der Waals surface area (Å²) < 4.78 is 0. The molecule has 1 saturated carbocycles. The fourth-order valence-electron chi connectivity index (χ4n) is 1.74. The number of halogens is 1. The smallest absolute Gasteiger partial charge is 0.191 e. The van der Waals surface area contributed by atoms with E-state index in [1.54, 1.807) is 11.3 Å². The molecule has 1 aliphatic carbocycles. The first-order chi connectivity index (χ1) is 8.78. The van der Waals surface area contributed by atoms with Gasteiger partial charge in [0.2, 0.25) is 0 Å². The van der Waals surface area contributed by atoms with Gasteiger partial charge in [0.25, 0.3) is 0 Å². The molecule has 3 N–H and O–H groups in total. The van der Waals surface area contributed by atoms with Crippen molar-refractivity contribution in [3.8, 4) is 0 Å². The van der Waals surface area contributed by atoms with E-state index in [0.29, 0.717) is 6.54 Å². The molecule has 0 unspecified atom stereocenters. The highest BCUT2D eigenvalue weighted by Gasteiger charge is 2.41. The molecule has 108 valence electrons. The Kier molecular flexibility index (Phi) is 7.09. The van der Waals surface area contributed by atoms with E-state index in [9.17, 15) is 5.11 Å². The maximum atomic E-state index is 9.28. The lowest BCUT2D eigenvalue weighted by Gasteiger charge is -2.16. The van der Waals surface area contributed by atoms with Crippen LogP contribution in [-0.4, -0.2) is 30.8 Å². The highest BCUT2D eigenvalue weighted by molar-refractivity contribution is 14.0. The van der Waals surface area contributed by atoms with E-state index in [1.807, 2.05) is 6.07 Å². The molecule has 1 fully saturated rings. The van der Waals surface area contributed by atoms with Gasteiger partial charge in [-0.3, -0.25) is 0 Å². The van der Waals surface area contributed by atoms with Crippen molar-refractivity contribution in [2.75, 3.05) is 19.7 Å². The zero-order valence-corrected chi connectivity index (χ0v) is 14.3. The molecular weight excluding hydrogens is 373 g/mol. The van der Waals surface area contributed by atoms with Crippen molar-refractivity contribution in [2.24, 2.45) is 10.4 Å². The summed E-state index contributed by atoms with van der Waals surface area (Å²) in [6.45, 7) is 4.69. The van der Waals surface area contributed by atoms with Gasteiger partial charge in [0, 0.05) is 23.4 Å². The SMILES string of the molecule is CCNC(=NCc1cccs1)NCC1(CO)CC1.I. The van der Waals surface area contributed by atoms with Crippen LogP contribution in [0.3, 0.4) is 0 Å². The summed E-state index contributed by atoms with van der Waals surface area (Å²) in [5.74, 6) is 0.839. The molecule has 0 saturated heterocycles. The molecular formula is C13H22IN3OS. The van der Waals surface area contributed by atoms with Crippen LogP contribution < -0.4 is 10.6 Å². The number of hydrogen-bond donors (Lipinski definition) is 3. The zero-order valence-electron chi connectivity index (χ0n) is 11.2. The van der Waals surface area contributed by atoms with E-state index < -0.39 is 0 Å². The number of rotatable bonds is 6. The highest BCUT2D eigenvalue weighted by atomic mass is 127. The van der Waals surface area contributed by atoms with E-state index in [-0.39, 0.29) is 36.0 Å². The van der Waals surface area contributed by atoms with Gasteiger partial charge in [0.15, 0.2) is 5.96 Å².